The van der Waals surface area contributed by atoms with Crippen LogP contribution in [0.1, 0.15) is 13.3 Å². The molecule has 0 aromatic heterocycles. The summed E-state index contributed by atoms with van der Waals surface area (Å²) >= 11 is 0. The van der Waals surface area contributed by atoms with Gasteiger partial charge in [-0.25, -0.2) is 4.79 Å². The maximum Gasteiger partial charge on any atom is 0.366 e. The lowest BCUT2D eigenvalue weighted by Gasteiger charge is -2.58. The zero-order valence-corrected chi connectivity index (χ0v) is 15.8. The molecule has 0 aromatic carbocycles. The number of aliphatic hydroxyl groups is 3. The summed E-state index contributed by atoms with van der Waals surface area (Å²) < 4.78 is 20.8. The van der Waals surface area contributed by atoms with E-state index in [1.54, 1.807) is 0 Å². The molecule has 2 heterocycles. The number of ether oxygens (including phenoxy) is 4. The first-order valence-electron chi connectivity index (χ1n) is 9.17. The average Bonchev–Trinajstić information content (AvgIpc) is 3.23. The zero-order chi connectivity index (χ0) is 20.6. The van der Waals surface area contributed by atoms with Gasteiger partial charge in [-0.3, -0.25) is 9.59 Å². The molecular formula is C18H24O10. The summed E-state index contributed by atoms with van der Waals surface area (Å²) in [6.45, 7) is 0.942. The molecule has 4 rings (SSSR count). The fraction of sp³-hybridized carbons (Fsp3) is 0.833. The number of methoxy groups -OCH3 is 2. The normalized spacial score (nSPS) is 52.0. The van der Waals surface area contributed by atoms with E-state index in [2.05, 4.69) is 4.74 Å². The van der Waals surface area contributed by atoms with Crippen molar-refractivity contribution in [2.45, 2.75) is 37.4 Å². The van der Waals surface area contributed by atoms with Crippen molar-refractivity contribution < 1.29 is 48.7 Å². The Balaban J connectivity index is 1.96. The van der Waals surface area contributed by atoms with Crippen molar-refractivity contribution >= 4 is 17.7 Å². The molecule has 2 aliphatic heterocycles. The van der Waals surface area contributed by atoms with Crippen LogP contribution in [-0.2, 0) is 33.3 Å². The van der Waals surface area contributed by atoms with Gasteiger partial charge in [-0.15, -0.1) is 0 Å². The molecule has 2 saturated carbocycles. The lowest BCUT2D eigenvalue weighted by Crippen LogP contribution is -2.72. The molecule has 0 aromatic rings. The van der Waals surface area contributed by atoms with Crippen LogP contribution in [0.4, 0.5) is 0 Å². The van der Waals surface area contributed by atoms with E-state index in [-0.39, 0.29) is 19.6 Å². The molecule has 10 nitrogen and oxygen atoms in total. The molecule has 2 aliphatic carbocycles. The number of aliphatic hydroxyl groups excluding tert-OH is 2. The van der Waals surface area contributed by atoms with Gasteiger partial charge in [0.1, 0.15) is 11.5 Å². The minimum absolute atomic E-state index is 0.223. The first-order chi connectivity index (χ1) is 13.1. The van der Waals surface area contributed by atoms with Gasteiger partial charge in [0.15, 0.2) is 5.78 Å². The SMILES string of the molecule is COC(=O)[C@@]12CO[C@H]3C(=O)[C@@H](C)[C@H]4[C@@](CO[C@]4(O)C(=O)OC)([C@@H](O)C[C@H]1O)[C@@H]32. The van der Waals surface area contributed by atoms with Gasteiger partial charge in [0.25, 0.3) is 5.79 Å². The third kappa shape index (κ3) is 1.92. The summed E-state index contributed by atoms with van der Waals surface area (Å²) in [5.74, 6) is -7.91. The predicted molar refractivity (Wildman–Crippen MR) is 87.3 cm³/mol. The number of carbonyl (C=O) groups excluding carboxylic acids is 3. The number of Topliss-reactive ketones (excluding diaryl/α,β-unsaturated/α-hetero) is 1. The van der Waals surface area contributed by atoms with Crippen LogP contribution in [0.3, 0.4) is 0 Å². The fourth-order valence-electron chi connectivity index (χ4n) is 6.28. The van der Waals surface area contributed by atoms with Crippen LogP contribution >= 0.6 is 0 Å². The predicted octanol–water partition coefficient (Wildman–Crippen LogP) is -2.00. The Morgan fingerprint density at radius 1 is 1.07 bits per heavy atom. The Hall–Kier alpha value is -1.59. The van der Waals surface area contributed by atoms with Gasteiger partial charge in [0.2, 0.25) is 0 Å². The van der Waals surface area contributed by atoms with Gasteiger partial charge in [-0.1, -0.05) is 6.92 Å². The van der Waals surface area contributed by atoms with Crippen molar-refractivity contribution in [2.75, 3.05) is 27.4 Å². The molecule has 3 N–H and O–H groups in total. The van der Waals surface area contributed by atoms with Gasteiger partial charge in [-0.05, 0) is 0 Å². The summed E-state index contributed by atoms with van der Waals surface area (Å²) in [7, 11) is 2.24. The second-order valence-electron chi connectivity index (χ2n) is 8.27. The molecule has 9 atom stereocenters. The van der Waals surface area contributed by atoms with Crippen molar-refractivity contribution in [2.24, 2.45) is 28.6 Å². The summed E-state index contributed by atoms with van der Waals surface area (Å²) in [5, 5.41) is 32.9. The smallest absolute Gasteiger partial charge is 0.366 e. The summed E-state index contributed by atoms with van der Waals surface area (Å²) in [6, 6.07) is 0. The number of esters is 2. The van der Waals surface area contributed by atoms with Gasteiger partial charge >= 0.3 is 11.9 Å². The lowest BCUT2D eigenvalue weighted by molar-refractivity contribution is -0.240. The largest absolute Gasteiger partial charge is 0.468 e. The maximum atomic E-state index is 13.1. The van der Waals surface area contributed by atoms with Gasteiger partial charge in [0, 0.05) is 29.6 Å². The number of hydrogen-bond donors (Lipinski definition) is 3. The molecule has 2 saturated heterocycles. The third-order valence-corrected chi connectivity index (χ3v) is 7.42. The van der Waals surface area contributed by atoms with Crippen LogP contribution in [-0.4, -0.2) is 84.6 Å². The monoisotopic (exact) mass is 400 g/mol. The number of rotatable bonds is 2. The molecule has 156 valence electrons. The Morgan fingerprint density at radius 3 is 2.32 bits per heavy atom. The molecule has 4 aliphatic rings. The van der Waals surface area contributed by atoms with E-state index in [1.165, 1.54) is 6.92 Å². The van der Waals surface area contributed by atoms with Crippen molar-refractivity contribution in [3.05, 3.63) is 0 Å². The molecular weight excluding hydrogens is 376 g/mol. The van der Waals surface area contributed by atoms with Crippen LogP contribution in [0, 0.1) is 28.6 Å². The van der Waals surface area contributed by atoms with E-state index in [9.17, 15) is 29.7 Å². The third-order valence-electron chi connectivity index (χ3n) is 7.42. The molecule has 10 heteroatoms. The van der Waals surface area contributed by atoms with Crippen LogP contribution in [0.15, 0.2) is 0 Å². The Bertz CT molecular complexity index is 738. The number of ketones is 1. The number of hydrogen-bond acceptors (Lipinski definition) is 10. The van der Waals surface area contributed by atoms with E-state index in [4.69, 9.17) is 14.2 Å². The highest BCUT2D eigenvalue weighted by Crippen LogP contribution is 2.68. The average molecular weight is 400 g/mol. The first-order valence-corrected chi connectivity index (χ1v) is 9.17. The Labute approximate surface area is 160 Å². The second-order valence-corrected chi connectivity index (χ2v) is 8.27. The quantitative estimate of drug-likeness (QED) is 0.444. The van der Waals surface area contributed by atoms with Gasteiger partial charge in [0.05, 0.1) is 39.6 Å². The highest BCUT2D eigenvalue weighted by molar-refractivity contribution is 5.92. The highest BCUT2D eigenvalue weighted by Gasteiger charge is 2.82. The van der Waals surface area contributed by atoms with E-state index in [0.717, 1.165) is 14.2 Å². The summed E-state index contributed by atoms with van der Waals surface area (Å²) in [4.78, 5) is 38.2. The van der Waals surface area contributed by atoms with Crippen molar-refractivity contribution in [3.8, 4) is 0 Å². The highest BCUT2D eigenvalue weighted by atomic mass is 16.7. The van der Waals surface area contributed by atoms with E-state index in [0.29, 0.717) is 0 Å². The minimum atomic E-state index is -2.47. The second kappa shape index (κ2) is 5.96. The molecule has 0 bridgehead atoms. The summed E-state index contributed by atoms with van der Waals surface area (Å²) in [6.07, 6.45) is -3.91. The molecule has 0 radical (unpaired) electrons. The molecule has 4 fully saturated rings. The minimum Gasteiger partial charge on any atom is -0.468 e. The van der Waals surface area contributed by atoms with Crippen molar-refractivity contribution in [1.82, 2.24) is 0 Å². The fourth-order valence-corrected chi connectivity index (χ4v) is 6.28. The standard InChI is InChI=1S/C18H24O10/c1-7-10(21)11-13-16(6-28-18(24,12(7)16)15(23)26-3)8(19)4-9(20)17(13,5-27-11)14(22)25-2/h7-9,11-13,19-20,24H,4-6H2,1-3H3/t7-,8+,9-,11+,12+,13-,16-,17+,18+/m1/s1. The van der Waals surface area contributed by atoms with Crippen LogP contribution in [0.5, 0.6) is 0 Å². The van der Waals surface area contributed by atoms with E-state index < -0.39 is 70.4 Å². The van der Waals surface area contributed by atoms with Crippen molar-refractivity contribution in [3.63, 3.8) is 0 Å². The first kappa shape index (κ1) is 19.7. The van der Waals surface area contributed by atoms with Gasteiger partial charge in [-0.2, -0.15) is 0 Å². The van der Waals surface area contributed by atoms with Crippen LogP contribution in [0.25, 0.3) is 0 Å². The Morgan fingerprint density at radius 2 is 1.71 bits per heavy atom. The maximum absolute atomic E-state index is 13.1. The molecule has 0 amide bonds. The Kier molecular flexibility index (Phi) is 4.20. The van der Waals surface area contributed by atoms with Crippen LogP contribution < -0.4 is 0 Å². The lowest BCUT2D eigenvalue weighted by atomic mass is 9.43. The molecule has 1 spiro atoms. The molecule has 0 unspecified atom stereocenters. The van der Waals surface area contributed by atoms with E-state index >= 15 is 0 Å². The zero-order valence-electron chi connectivity index (χ0n) is 15.8. The van der Waals surface area contributed by atoms with Crippen LogP contribution in [0.2, 0.25) is 0 Å². The molecule has 28 heavy (non-hydrogen) atoms. The number of carbonyl (C=O) groups is 3. The summed E-state index contributed by atoms with van der Waals surface area (Å²) in [5.41, 5.74) is -3.00. The topological polar surface area (TPSA) is 149 Å². The van der Waals surface area contributed by atoms with Crippen molar-refractivity contribution in [1.29, 1.82) is 0 Å². The van der Waals surface area contributed by atoms with E-state index in [1.807, 2.05) is 0 Å². The van der Waals surface area contributed by atoms with Gasteiger partial charge < -0.3 is 34.3 Å².